The topological polar surface area (TPSA) is 78.2 Å². The minimum Gasteiger partial charge on any atom is -0.375 e. The summed E-state index contributed by atoms with van der Waals surface area (Å²) in [5, 5.41) is 17.9. The Labute approximate surface area is 92.9 Å². The molecule has 1 unspecified atom stereocenters. The molecule has 0 aliphatic rings. The molecule has 86 valence electrons. The molecule has 1 rings (SSSR count). The molecule has 16 heavy (non-hydrogen) atoms. The van der Waals surface area contributed by atoms with Crippen LogP contribution in [0.25, 0.3) is 0 Å². The molecule has 0 fully saturated rings. The predicted octanol–water partition coefficient (Wildman–Crippen LogP) is 0.874. The van der Waals surface area contributed by atoms with Gasteiger partial charge < -0.3 is 5.11 Å². The lowest BCUT2D eigenvalue weighted by molar-refractivity contribution is 0.144. The fourth-order valence-corrected chi connectivity index (χ4v) is 2.65. The largest absolute Gasteiger partial charge is 0.375 e. The Bertz CT molecular complexity index is 514. The Balaban J connectivity index is 3.05. The number of hydrogen-bond donors (Lipinski definition) is 1. The van der Waals surface area contributed by atoms with Crippen molar-refractivity contribution >= 4 is 9.84 Å². The monoisotopic (exact) mass is 243 g/mol. The van der Waals surface area contributed by atoms with E-state index < -0.39 is 27.0 Å². The molecule has 1 N–H and O–H groups in total. The van der Waals surface area contributed by atoms with Gasteiger partial charge in [-0.25, -0.2) is 12.8 Å². The molecule has 0 heterocycles. The Morgan fingerprint density at radius 1 is 1.44 bits per heavy atom. The van der Waals surface area contributed by atoms with E-state index in [2.05, 4.69) is 0 Å². The molecule has 0 bridgehead atoms. The first-order valence-corrected chi connectivity index (χ1v) is 6.04. The summed E-state index contributed by atoms with van der Waals surface area (Å²) in [6, 6.07) is 5.69. The van der Waals surface area contributed by atoms with Gasteiger partial charge in [0, 0.05) is 0 Å². The lowest BCUT2D eigenvalue weighted by Gasteiger charge is -2.13. The van der Waals surface area contributed by atoms with E-state index in [0.29, 0.717) is 0 Å². The number of hydrogen-bond acceptors (Lipinski definition) is 4. The van der Waals surface area contributed by atoms with Gasteiger partial charge in [0.25, 0.3) is 0 Å². The second-order valence-electron chi connectivity index (χ2n) is 3.60. The summed E-state index contributed by atoms with van der Waals surface area (Å²) in [4.78, 5) is -0.121. The fraction of sp³-hybridized carbons (Fsp3) is 0.300. The van der Waals surface area contributed by atoms with Gasteiger partial charge in [0.2, 0.25) is 0 Å². The average Bonchev–Trinajstić information content (AvgIpc) is 2.17. The van der Waals surface area contributed by atoms with Crippen LogP contribution >= 0.6 is 0 Å². The van der Waals surface area contributed by atoms with Gasteiger partial charge in [-0.15, -0.1) is 0 Å². The molecule has 0 radical (unpaired) electrons. The van der Waals surface area contributed by atoms with Crippen LogP contribution in [0, 0.1) is 17.1 Å². The molecule has 0 amide bonds. The zero-order valence-electron chi connectivity index (χ0n) is 8.51. The Morgan fingerprint density at radius 3 is 2.38 bits per heavy atom. The molecule has 0 aliphatic carbocycles. The van der Waals surface area contributed by atoms with E-state index in [4.69, 9.17) is 5.26 Å². The Hall–Kier alpha value is -1.45. The highest BCUT2D eigenvalue weighted by Gasteiger charge is 2.29. The highest BCUT2D eigenvalue weighted by molar-refractivity contribution is 7.91. The summed E-state index contributed by atoms with van der Waals surface area (Å²) in [5.41, 5.74) is -1.95. The average molecular weight is 243 g/mol. The zero-order chi connectivity index (χ0) is 12.4. The van der Waals surface area contributed by atoms with Gasteiger partial charge >= 0.3 is 0 Å². The maximum absolute atomic E-state index is 12.6. The molecule has 1 aromatic rings. The fourth-order valence-electron chi connectivity index (χ4n) is 1.13. The molecule has 0 saturated heterocycles. The SMILES string of the molecule is CC(O)(C#N)CS(=O)(=O)c1ccc(F)cc1. The zero-order valence-corrected chi connectivity index (χ0v) is 9.33. The van der Waals surface area contributed by atoms with E-state index in [0.717, 1.165) is 31.2 Å². The quantitative estimate of drug-likeness (QED) is 0.631. The van der Waals surface area contributed by atoms with Gasteiger partial charge in [-0.3, -0.25) is 0 Å². The van der Waals surface area contributed by atoms with E-state index in [1.165, 1.54) is 6.07 Å². The molecule has 0 spiro atoms. The minimum absolute atomic E-state index is 0.121. The van der Waals surface area contributed by atoms with Crippen molar-refractivity contribution in [3.05, 3.63) is 30.1 Å². The van der Waals surface area contributed by atoms with Gasteiger partial charge in [-0.05, 0) is 31.2 Å². The molecule has 1 aromatic carbocycles. The number of benzene rings is 1. The first kappa shape index (κ1) is 12.6. The van der Waals surface area contributed by atoms with E-state index in [1.807, 2.05) is 0 Å². The van der Waals surface area contributed by atoms with Crippen molar-refractivity contribution in [2.45, 2.75) is 17.4 Å². The van der Waals surface area contributed by atoms with E-state index in [1.54, 1.807) is 0 Å². The third-order valence-electron chi connectivity index (χ3n) is 1.88. The highest BCUT2D eigenvalue weighted by atomic mass is 32.2. The number of sulfone groups is 1. The minimum atomic E-state index is -3.79. The van der Waals surface area contributed by atoms with Gasteiger partial charge in [0.15, 0.2) is 15.4 Å². The van der Waals surface area contributed by atoms with Crippen LogP contribution in [0.15, 0.2) is 29.2 Å². The van der Waals surface area contributed by atoms with Crippen LogP contribution in [0.5, 0.6) is 0 Å². The third kappa shape index (κ3) is 3.02. The van der Waals surface area contributed by atoms with Crippen molar-refractivity contribution < 1.29 is 17.9 Å². The molecule has 0 saturated carbocycles. The molecule has 0 aromatic heterocycles. The van der Waals surface area contributed by atoms with Crippen LogP contribution in [0.1, 0.15) is 6.92 Å². The first-order valence-electron chi connectivity index (χ1n) is 4.39. The van der Waals surface area contributed by atoms with Crippen LogP contribution in [-0.4, -0.2) is 24.9 Å². The normalized spacial score (nSPS) is 15.1. The summed E-state index contributed by atoms with van der Waals surface area (Å²) in [5.74, 6) is -1.27. The van der Waals surface area contributed by atoms with Crippen molar-refractivity contribution in [3.8, 4) is 6.07 Å². The van der Waals surface area contributed by atoms with E-state index in [-0.39, 0.29) is 4.90 Å². The molecular weight excluding hydrogens is 233 g/mol. The highest BCUT2D eigenvalue weighted by Crippen LogP contribution is 2.16. The number of halogens is 1. The number of nitrogens with zero attached hydrogens (tertiary/aromatic N) is 1. The summed E-state index contributed by atoms with van der Waals surface area (Å²) in [6.45, 7) is 1.11. The van der Waals surface area contributed by atoms with Crippen molar-refractivity contribution in [3.63, 3.8) is 0 Å². The van der Waals surface area contributed by atoms with Crippen LogP contribution in [0.4, 0.5) is 4.39 Å². The van der Waals surface area contributed by atoms with Crippen LogP contribution in [0.2, 0.25) is 0 Å². The summed E-state index contributed by atoms with van der Waals surface area (Å²) in [7, 11) is -3.79. The van der Waals surface area contributed by atoms with Crippen molar-refractivity contribution in [2.24, 2.45) is 0 Å². The van der Waals surface area contributed by atoms with Crippen LogP contribution < -0.4 is 0 Å². The maximum atomic E-state index is 12.6. The summed E-state index contributed by atoms with van der Waals surface area (Å²) >= 11 is 0. The van der Waals surface area contributed by atoms with Gasteiger partial charge in [-0.1, -0.05) is 0 Å². The van der Waals surface area contributed by atoms with Crippen LogP contribution in [0.3, 0.4) is 0 Å². The lowest BCUT2D eigenvalue weighted by Crippen LogP contribution is -2.32. The molecule has 4 nitrogen and oxygen atoms in total. The lowest BCUT2D eigenvalue weighted by atomic mass is 10.2. The second-order valence-corrected chi connectivity index (χ2v) is 5.59. The Kier molecular flexibility index (Phi) is 3.31. The number of aliphatic hydroxyl groups is 1. The predicted molar refractivity (Wildman–Crippen MR) is 54.7 cm³/mol. The van der Waals surface area contributed by atoms with Gasteiger partial charge in [0.05, 0.1) is 16.7 Å². The number of nitriles is 1. The summed E-state index contributed by atoms with van der Waals surface area (Å²) < 4.78 is 36.0. The first-order chi connectivity index (χ1) is 7.27. The Morgan fingerprint density at radius 2 is 1.94 bits per heavy atom. The van der Waals surface area contributed by atoms with E-state index in [9.17, 15) is 17.9 Å². The maximum Gasteiger partial charge on any atom is 0.182 e. The third-order valence-corrected chi connectivity index (χ3v) is 3.82. The van der Waals surface area contributed by atoms with Gasteiger partial charge in [-0.2, -0.15) is 5.26 Å². The van der Waals surface area contributed by atoms with Crippen LogP contribution in [-0.2, 0) is 9.84 Å². The molecule has 6 heteroatoms. The van der Waals surface area contributed by atoms with Crippen molar-refractivity contribution in [2.75, 3.05) is 5.75 Å². The number of rotatable bonds is 3. The molecule has 1 atom stereocenters. The van der Waals surface area contributed by atoms with Crippen molar-refractivity contribution in [1.82, 2.24) is 0 Å². The van der Waals surface area contributed by atoms with Crippen molar-refractivity contribution in [1.29, 1.82) is 5.26 Å². The molecular formula is C10H10FNO3S. The standard InChI is InChI=1S/C10H10FNO3S/c1-10(13,6-12)7-16(14,15)9-4-2-8(11)3-5-9/h2-5,13H,7H2,1H3. The van der Waals surface area contributed by atoms with E-state index >= 15 is 0 Å². The van der Waals surface area contributed by atoms with Gasteiger partial charge in [0.1, 0.15) is 5.82 Å². The second kappa shape index (κ2) is 4.20. The smallest absolute Gasteiger partial charge is 0.182 e. The molecule has 0 aliphatic heterocycles. The summed E-state index contributed by atoms with van der Waals surface area (Å²) in [6.07, 6.45) is 0.